The third kappa shape index (κ3) is 4.23. The molecule has 4 nitrogen and oxygen atoms in total. The van der Waals surface area contributed by atoms with Crippen LogP contribution in [0.15, 0.2) is 97.6 Å². The third-order valence-electron chi connectivity index (χ3n) is 4.77. The van der Waals surface area contributed by atoms with Crippen molar-refractivity contribution in [2.45, 2.75) is 13.1 Å². The van der Waals surface area contributed by atoms with Crippen molar-refractivity contribution >= 4 is 0 Å². The number of imidazole rings is 1. The van der Waals surface area contributed by atoms with E-state index >= 15 is 0 Å². The largest absolute Gasteiger partial charge is 0.497 e. The van der Waals surface area contributed by atoms with Crippen LogP contribution in [0.5, 0.6) is 5.75 Å². The molecule has 0 spiro atoms. The maximum absolute atomic E-state index is 5.26. The highest BCUT2D eigenvalue weighted by Gasteiger charge is 2.08. The molecular formula is C24H23N3O. The van der Waals surface area contributed by atoms with Gasteiger partial charge in [0.2, 0.25) is 0 Å². The van der Waals surface area contributed by atoms with Crippen LogP contribution in [-0.4, -0.2) is 16.8 Å². The Kier molecular flexibility index (Phi) is 5.38. The SMILES string of the molecule is COc1ccc(CN(Cc2ccc(-c3ccccc3)cc2)n2ccnc2)cc1. The summed E-state index contributed by atoms with van der Waals surface area (Å²) in [6.45, 7) is 1.57. The summed E-state index contributed by atoms with van der Waals surface area (Å²) in [6.07, 6.45) is 5.61. The first-order chi connectivity index (χ1) is 13.8. The molecule has 0 fully saturated rings. The molecule has 28 heavy (non-hydrogen) atoms. The lowest BCUT2D eigenvalue weighted by Crippen LogP contribution is -2.32. The van der Waals surface area contributed by atoms with E-state index in [-0.39, 0.29) is 0 Å². The quantitative estimate of drug-likeness (QED) is 0.464. The van der Waals surface area contributed by atoms with E-state index in [1.54, 1.807) is 13.3 Å². The van der Waals surface area contributed by atoms with Crippen molar-refractivity contribution < 1.29 is 4.74 Å². The Morgan fingerprint density at radius 3 is 1.96 bits per heavy atom. The minimum atomic E-state index is 0.779. The van der Waals surface area contributed by atoms with Gasteiger partial charge in [0.05, 0.1) is 20.2 Å². The molecule has 1 heterocycles. The molecule has 0 radical (unpaired) electrons. The van der Waals surface area contributed by atoms with Crippen LogP contribution in [0.2, 0.25) is 0 Å². The molecule has 0 atom stereocenters. The Balaban J connectivity index is 1.52. The highest BCUT2D eigenvalue weighted by atomic mass is 16.5. The molecule has 4 aromatic rings. The van der Waals surface area contributed by atoms with E-state index in [1.807, 2.05) is 35.4 Å². The third-order valence-corrected chi connectivity index (χ3v) is 4.77. The normalized spacial score (nSPS) is 10.6. The van der Waals surface area contributed by atoms with E-state index in [0.29, 0.717) is 0 Å². The Bertz CT molecular complexity index is 978. The topological polar surface area (TPSA) is 30.3 Å². The molecule has 4 heteroatoms. The van der Waals surface area contributed by atoms with Crippen LogP contribution in [0.3, 0.4) is 0 Å². The molecule has 0 unspecified atom stereocenters. The van der Waals surface area contributed by atoms with E-state index in [4.69, 9.17) is 4.74 Å². The maximum atomic E-state index is 5.26. The van der Waals surface area contributed by atoms with E-state index in [1.165, 1.54) is 22.3 Å². The van der Waals surface area contributed by atoms with Gasteiger partial charge in [-0.15, -0.1) is 0 Å². The van der Waals surface area contributed by atoms with E-state index in [2.05, 4.69) is 70.7 Å². The van der Waals surface area contributed by atoms with Gasteiger partial charge in [-0.05, 0) is 34.4 Å². The summed E-state index contributed by atoms with van der Waals surface area (Å²) in [4.78, 5) is 4.21. The van der Waals surface area contributed by atoms with Gasteiger partial charge in [-0.1, -0.05) is 66.7 Å². The number of rotatable bonds is 7. The number of ether oxygens (including phenoxy) is 1. The second kappa shape index (κ2) is 8.44. The van der Waals surface area contributed by atoms with Crippen LogP contribution in [0.1, 0.15) is 11.1 Å². The number of benzene rings is 3. The first-order valence-electron chi connectivity index (χ1n) is 9.32. The molecule has 0 saturated carbocycles. The van der Waals surface area contributed by atoms with Crippen LogP contribution >= 0.6 is 0 Å². The number of hydrogen-bond acceptors (Lipinski definition) is 3. The van der Waals surface area contributed by atoms with Gasteiger partial charge in [-0.3, -0.25) is 4.68 Å². The van der Waals surface area contributed by atoms with Crippen LogP contribution in [-0.2, 0) is 13.1 Å². The van der Waals surface area contributed by atoms with Crippen molar-refractivity contribution in [3.63, 3.8) is 0 Å². The fraction of sp³-hybridized carbons (Fsp3) is 0.125. The molecule has 0 bridgehead atoms. The van der Waals surface area contributed by atoms with Crippen LogP contribution in [0.25, 0.3) is 11.1 Å². The van der Waals surface area contributed by atoms with Gasteiger partial charge in [-0.2, -0.15) is 0 Å². The number of methoxy groups -OCH3 is 1. The zero-order valence-electron chi connectivity index (χ0n) is 15.9. The van der Waals surface area contributed by atoms with Crippen molar-refractivity contribution in [2.24, 2.45) is 0 Å². The molecule has 0 amide bonds. The Morgan fingerprint density at radius 1 is 0.786 bits per heavy atom. The van der Waals surface area contributed by atoms with Gasteiger partial charge in [0.1, 0.15) is 12.1 Å². The van der Waals surface area contributed by atoms with Crippen molar-refractivity contribution in [1.82, 2.24) is 9.66 Å². The molecular weight excluding hydrogens is 346 g/mol. The van der Waals surface area contributed by atoms with Crippen molar-refractivity contribution in [1.29, 1.82) is 0 Å². The second-order valence-corrected chi connectivity index (χ2v) is 6.68. The minimum absolute atomic E-state index is 0.779. The average molecular weight is 369 g/mol. The highest BCUT2D eigenvalue weighted by molar-refractivity contribution is 5.63. The van der Waals surface area contributed by atoms with Crippen molar-refractivity contribution in [3.05, 3.63) is 109 Å². The Morgan fingerprint density at radius 2 is 1.39 bits per heavy atom. The smallest absolute Gasteiger partial charge is 0.118 e. The second-order valence-electron chi connectivity index (χ2n) is 6.68. The molecule has 3 aromatic carbocycles. The Labute approximate surface area is 165 Å². The van der Waals surface area contributed by atoms with Gasteiger partial charge in [-0.25, -0.2) is 4.98 Å². The van der Waals surface area contributed by atoms with E-state index in [9.17, 15) is 0 Å². The summed E-state index contributed by atoms with van der Waals surface area (Å²) in [6, 6.07) is 27.4. The lowest BCUT2D eigenvalue weighted by molar-refractivity contribution is 0.414. The van der Waals surface area contributed by atoms with Crippen LogP contribution in [0, 0.1) is 0 Å². The Hall–Kier alpha value is -3.53. The standard InChI is InChI=1S/C24H23N3O/c1-28-24-13-9-21(10-14-24)18-27(26-16-15-25-19-26)17-20-7-11-23(12-8-20)22-5-3-2-4-6-22/h2-16,19H,17-18H2,1H3. The molecule has 1 aromatic heterocycles. The summed E-state index contributed by atoms with van der Waals surface area (Å²) in [5.74, 6) is 0.870. The maximum Gasteiger partial charge on any atom is 0.118 e. The zero-order valence-corrected chi connectivity index (χ0v) is 15.9. The summed E-state index contributed by atoms with van der Waals surface area (Å²) in [5.41, 5.74) is 4.93. The van der Waals surface area contributed by atoms with Gasteiger partial charge < -0.3 is 9.75 Å². The summed E-state index contributed by atoms with van der Waals surface area (Å²) >= 11 is 0. The number of nitrogens with zero attached hydrogens (tertiary/aromatic N) is 3. The summed E-state index contributed by atoms with van der Waals surface area (Å²) in [5, 5.41) is 2.26. The lowest BCUT2D eigenvalue weighted by Gasteiger charge is -2.26. The molecule has 4 rings (SSSR count). The first kappa shape index (κ1) is 17.9. The summed E-state index contributed by atoms with van der Waals surface area (Å²) < 4.78 is 7.30. The number of aromatic nitrogens is 2. The van der Waals surface area contributed by atoms with Gasteiger partial charge in [0.15, 0.2) is 0 Å². The van der Waals surface area contributed by atoms with E-state index in [0.717, 1.165) is 18.8 Å². The highest BCUT2D eigenvalue weighted by Crippen LogP contribution is 2.20. The van der Waals surface area contributed by atoms with Crippen LogP contribution < -0.4 is 9.75 Å². The lowest BCUT2D eigenvalue weighted by atomic mass is 10.0. The zero-order chi connectivity index (χ0) is 19.2. The van der Waals surface area contributed by atoms with E-state index < -0.39 is 0 Å². The monoisotopic (exact) mass is 369 g/mol. The van der Waals surface area contributed by atoms with Crippen molar-refractivity contribution in [2.75, 3.05) is 12.1 Å². The van der Waals surface area contributed by atoms with Gasteiger partial charge in [0.25, 0.3) is 0 Å². The van der Waals surface area contributed by atoms with Gasteiger partial charge in [0, 0.05) is 12.4 Å². The average Bonchev–Trinajstić information content (AvgIpc) is 3.30. The van der Waals surface area contributed by atoms with Crippen LogP contribution in [0.4, 0.5) is 0 Å². The number of hydrogen-bond donors (Lipinski definition) is 0. The molecule has 0 aliphatic carbocycles. The molecule has 0 N–H and O–H groups in total. The van der Waals surface area contributed by atoms with Crippen molar-refractivity contribution in [3.8, 4) is 16.9 Å². The predicted molar refractivity (Wildman–Crippen MR) is 113 cm³/mol. The molecule has 0 aliphatic heterocycles. The molecule has 0 aliphatic rings. The predicted octanol–water partition coefficient (Wildman–Crippen LogP) is 4.90. The fourth-order valence-corrected chi connectivity index (χ4v) is 3.22. The fourth-order valence-electron chi connectivity index (χ4n) is 3.22. The van der Waals surface area contributed by atoms with Gasteiger partial charge >= 0.3 is 0 Å². The molecule has 0 saturated heterocycles. The minimum Gasteiger partial charge on any atom is -0.497 e. The molecule has 140 valence electrons. The first-order valence-corrected chi connectivity index (χ1v) is 9.32. The summed E-state index contributed by atoms with van der Waals surface area (Å²) in [7, 11) is 1.69.